The minimum atomic E-state index is -0.711. The lowest BCUT2D eigenvalue weighted by atomic mass is 10.1. The van der Waals surface area contributed by atoms with Gasteiger partial charge in [0.1, 0.15) is 6.04 Å². The number of aryl methyl sites for hydroxylation is 1. The van der Waals surface area contributed by atoms with Crippen LogP contribution in [0, 0.1) is 6.92 Å². The second-order valence-electron chi connectivity index (χ2n) is 5.67. The van der Waals surface area contributed by atoms with E-state index in [-0.39, 0.29) is 11.8 Å². The molecule has 2 aromatic rings. The lowest BCUT2D eigenvalue weighted by Crippen LogP contribution is -2.33. The second-order valence-corrected chi connectivity index (χ2v) is 5.67. The van der Waals surface area contributed by atoms with E-state index in [4.69, 9.17) is 5.73 Å². The lowest BCUT2D eigenvalue weighted by molar-refractivity contribution is -0.122. The first-order valence-corrected chi connectivity index (χ1v) is 7.98. The highest BCUT2D eigenvalue weighted by atomic mass is 16.2. The molecule has 1 unspecified atom stereocenters. The number of carbonyl (C=O) groups is 2. The molecular weight excluding hydrogens is 302 g/mol. The Hall–Kier alpha value is -2.66. The van der Waals surface area contributed by atoms with Crippen LogP contribution in [0.4, 0.5) is 0 Å². The summed E-state index contributed by atoms with van der Waals surface area (Å²) in [5.74, 6) is -0.371. The van der Waals surface area contributed by atoms with Gasteiger partial charge in [-0.05, 0) is 37.1 Å². The summed E-state index contributed by atoms with van der Waals surface area (Å²) in [7, 11) is 0. The van der Waals surface area contributed by atoms with Crippen molar-refractivity contribution in [3.63, 3.8) is 0 Å². The fourth-order valence-corrected chi connectivity index (χ4v) is 2.31. The Morgan fingerprint density at radius 2 is 1.79 bits per heavy atom. The fourth-order valence-electron chi connectivity index (χ4n) is 2.31. The van der Waals surface area contributed by atoms with E-state index in [0.717, 1.165) is 16.7 Å². The fraction of sp³-hybridized carbons (Fsp3) is 0.263. The van der Waals surface area contributed by atoms with Gasteiger partial charge in [-0.25, -0.2) is 0 Å². The van der Waals surface area contributed by atoms with Crippen molar-refractivity contribution in [1.29, 1.82) is 0 Å². The van der Waals surface area contributed by atoms with E-state index in [0.29, 0.717) is 18.7 Å². The first kappa shape index (κ1) is 17.7. The summed E-state index contributed by atoms with van der Waals surface area (Å²) in [5, 5.41) is 5.57. The summed E-state index contributed by atoms with van der Waals surface area (Å²) in [6.07, 6.45) is 0. The van der Waals surface area contributed by atoms with E-state index in [1.165, 1.54) is 0 Å². The predicted octanol–water partition coefficient (Wildman–Crippen LogP) is 2.06. The molecule has 24 heavy (non-hydrogen) atoms. The van der Waals surface area contributed by atoms with Gasteiger partial charge in [-0.3, -0.25) is 9.59 Å². The van der Waals surface area contributed by atoms with E-state index in [9.17, 15) is 9.59 Å². The third-order valence-electron chi connectivity index (χ3n) is 3.71. The summed E-state index contributed by atoms with van der Waals surface area (Å²) >= 11 is 0. The van der Waals surface area contributed by atoms with Crippen molar-refractivity contribution < 1.29 is 9.59 Å². The summed E-state index contributed by atoms with van der Waals surface area (Å²) in [6, 6.07) is 14.0. The average Bonchev–Trinajstić information content (AvgIpc) is 2.60. The van der Waals surface area contributed by atoms with Gasteiger partial charge >= 0.3 is 0 Å². The zero-order chi connectivity index (χ0) is 17.5. The second kappa shape index (κ2) is 8.26. The van der Waals surface area contributed by atoms with Gasteiger partial charge in [0.15, 0.2) is 0 Å². The number of hydrogen-bond acceptors (Lipinski definition) is 3. The molecule has 0 fully saturated rings. The molecular formula is C19H23N3O2. The van der Waals surface area contributed by atoms with Crippen LogP contribution in [-0.2, 0) is 11.3 Å². The molecule has 0 heterocycles. The molecule has 5 nitrogen and oxygen atoms in total. The molecule has 0 spiro atoms. The molecule has 1 atom stereocenters. The summed E-state index contributed by atoms with van der Waals surface area (Å²) in [6.45, 7) is 4.75. The molecule has 4 N–H and O–H groups in total. The van der Waals surface area contributed by atoms with Gasteiger partial charge in [0.05, 0.1) is 0 Å². The highest BCUT2D eigenvalue weighted by Gasteiger charge is 2.15. The zero-order valence-corrected chi connectivity index (χ0v) is 14.0. The van der Waals surface area contributed by atoms with Crippen LogP contribution in [0.3, 0.4) is 0 Å². The van der Waals surface area contributed by atoms with E-state index in [1.54, 1.807) is 18.2 Å². The maximum atomic E-state index is 12.2. The molecule has 0 aromatic heterocycles. The normalized spacial score (nSPS) is 11.6. The molecule has 0 aliphatic carbocycles. The molecule has 0 radical (unpaired) electrons. The Morgan fingerprint density at radius 1 is 1.08 bits per heavy atom. The Morgan fingerprint density at radius 3 is 2.46 bits per heavy atom. The highest BCUT2D eigenvalue weighted by Crippen LogP contribution is 2.12. The number of benzene rings is 2. The van der Waals surface area contributed by atoms with Crippen molar-refractivity contribution in [2.75, 3.05) is 6.54 Å². The van der Waals surface area contributed by atoms with Gasteiger partial charge in [0, 0.05) is 18.7 Å². The largest absolute Gasteiger partial charge is 0.352 e. The van der Waals surface area contributed by atoms with Crippen LogP contribution in [0.5, 0.6) is 0 Å². The van der Waals surface area contributed by atoms with Gasteiger partial charge in [0.2, 0.25) is 5.91 Å². The Kier molecular flexibility index (Phi) is 6.09. The maximum absolute atomic E-state index is 12.2. The quantitative estimate of drug-likeness (QED) is 0.760. The summed E-state index contributed by atoms with van der Waals surface area (Å²) in [4.78, 5) is 24.0. The minimum absolute atomic E-state index is 0.123. The first-order valence-electron chi connectivity index (χ1n) is 7.98. The van der Waals surface area contributed by atoms with E-state index in [1.807, 2.05) is 44.2 Å². The number of carbonyl (C=O) groups excluding carboxylic acids is 2. The lowest BCUT2D eigenvalue weighted by Gasteiger charge is -2.13. The summed E-state index contributed by atoms with van der Waals surface area (Å²) < 4.78 is 0. The van der Waals surface area contributed by atoms with Crippen molar-refractivity contribution in [3.05, 3.63) is 70.8 Å². The molecule has 2 aromatic carbocycles. The van der Waals surface area contributed by atoms with Crippen LogP contribution in [0.25, 0.3) is 0 Å². The Labute approximate surface area is 142 Å². The molecule has 0 saturated heterocycles. The summed E-state index contributed by atoms with van der Waals surface area (Å²) in [5.41, 5.74) is 9.31. The van der Waals surface area contributed by atoms with Crippen molar-refractivity contribution in [2.24, 2.45) is 5.73 Å². The number of hydrogen-bond donors (Lipinski definition) is 3. The van der Waals surface area contributed by atoms with Crippen LogP contribution in [-0.4, -0.2) is 18.4 Å². The van der Waals surface area contributed by atoms with Gasteiger partial charge < -0.3 is 16.4 Å². The number of nitrogens with two attached hydrogens (primary N) is 1. The molecule has 2 rings (SSSR count). The van der Waals surface area contributed by atoms with E-state index in [2.05, 4.69) is 10.6 Å². The molecule has 0 saturated carbocycles. The predicted molar refractivity (Wildman–Crippen MR) is 94.4 cm³/mol. The van der Waals surface area contributed by atoms with Gasteiger partial charge in [-0.1, -0.05) is 42.0 Å². The van der Waals surface area contributed by atoms with E-state index < -0.39 is 6.04 Å². The third kappa shape index (κ3) is 4.67. The average molecular weight is 325 g/mol. The molecule has 2 amide bonds. The maximum Gasteiger partial charge on any atom is 0.251 e. The zero-order valence-electron chi connectivity index (χ0n) is 14.0. The molecule has 126 valence electrons. The van der Waals surface area contributed by atoms with Gasteiger partial charge in [-0.15, -0.1) is 0 Å². The van der Waals surface area contributed by atoms with Crippen LogP contribution in [0.15, 0.2) is 48.5 Å². The monoisotopic (exact) mass is 325 g/mol. The van der Waals surface area contributed by atoms with Crippen molar-refractivity contribution >= 4 is 11.8 Å². The van der Waals surface area contributed by atoms with E-state index >= 15 is 0 Å². The highest BCUT2D eigenvalue weighted by molar-refractivity contribution is 5.94. The van der Waals surface area contributed by atoms with Crippen LogP contribution in [0.1, 0.15) is 40.0 Å². The van der Waals surface area contributed by atoms with Crippen LogP contribution in [0.2, 0.25) is 0 Å². The topological polar surface area (TPSA) is 84.2 Å². The number of rotatable bonds is 6. The molecule has 0 aliphatic rings. The number of amides is 2. The van der Waals surface area contributed by atoms with Crippen molar-refractivity contribution in [2.45, 2.75) is 26.4 Å². The third-order valence-corrected chi connectivity index (χ3v) is 3.71. The number of nitrogens with one attached hydrogen (secondary N) is 2. The smallest absolute Gasteiger partial charge is 0.251 e. The minimum Gasteiger partial charge on any atom is -0.352 e. The first-order chi connectivity index (χ1) is 11.5. The van der Waals surface area contributed by atoms with Crippen molar-refractivity contribution in [1.82, 2.24) is 10.6 Å². The molecule has 0 bridgehead atoms. The van der Waals surface area contributed by atoms with Crippen LogP contribution < -0.4 is 16.4 Å². The SMILES string of the molecule is CCNC(=O)c1cccc(CNC(=O)C(N)c2ccc(C)cc2)c1. The van der Waals surface area contributed by atoms with Crippen LogP contribution >= 0.6 is 0 Å². The molecule has 5 heteroatoms. The Bertz CT molecular complexity index is 711. The molecule has 0 aliphatic heterocycles. The van der Waals surface area contributed by atoms with Gasteiger partial charge in [-0.2, -0.15) is 0 Å². The van der Waals surface area contributed by atoms with Crippen molar-refractivity contribution in [3.8, 4) is 0 Å². The van der Waals surface area contributed by atoms with Gasteiger partial charge in [0.25, 0.3) is 5.91 Å². The Balaban J connectivity index is 1.97. The standard InChI is InChI=1S/C19H23N3O2/c1-3-21-18(23)16-6-4-5-14(11-16)12-22-19(24)17(20)15-9-7-13(2)8-10-15/h4-11,17H,3,12,20H2,1-2H3,(H,21,23)(H,22,24).